The minimum Gasteiger partial charge on any atom is -1.00 e. The van der Waals surface area contributed by atoms with E-state index in [-0.39, 0.29) is 31.4 Å². The number of methoxy groups -OCH3 is 1. The van der Waals surface area contributed by atoms with Crippen LogP contribution in [0.15, 0.2) is 16.6 Å². The molecule has 0 radical (unpaired) electrons. The van der Waals surface area contributed by atoms with Gasteiger partial charge >= 0.3 is 0 Å². The summed E-state index contributed by atoms with van der Waals surface area (Å²) in [5.74, 6) is 1.19. The lowest BCUT2D eigenvalue weighted by Gasteiger charge is -2.26. The van der Waals surface area contributed by atoms with E-state index in [1.807, 2.05) is 18.2 Å². The van der Waals surface area contributed by atoms with Gasteiger partial charge in [0.1, 0.15) is 6.07 Å². The van der Waals surface area contributed by atoms with Crippen molar-refractivity contribution in [3.8, 4) is 17.6 Å². The molecule has 9 heteroatoms. The fourth-order valence-corrected chi connectivity index (χ4v) is 3.02. The lowest BCUT2D eigenvalue weighted by atomic mass is 10.2. The van der Waals surface area contributed by atoms with Crippen LogP contribution < -0.4 is 39.6 Å². The normalized spacial score (nSPS) is 14.0. The number of nitrogens with zero attached hydrogens (tertiary/aromatic N) is 2. The molecular weight excluding hydrogens is 433 g/mol. The first-order valence-electron chi connectivity index (χ1n) is 7.61. The highest BCUT2D eigenvalue weighted by molar-refractivity contribution is 9.10. The molecular formula is C16H22BrCl2N3O3-2. The largest absolute Gasteiger partial charge is 1.00 e. The van der Waals surface area contributed by atoms with Gasteiger partial charge in [-0.3, -0.25) is 4.90 Å². The Labute approximate surface area is 169 Å². The lowest BCUT2D eigenvalue weighted by Crippen LogP contribution is -3.00. The monoisotopic (exact) mass is 453 g/mol. The van der Waals surface area contributed by atoms with Crippen molar-refractivity contribution in [1.82, 2.24) is 10.2 Å². The van der Waals surface area contributed by atoms with Crippen LogP contribution in [0.2, 0.25) is 0 Å². The predicted molar refractivity (Wildman–Crippen MR) is 90.8 cm³/mol. The highest BCUT2D eigenvalue weighted by Gasteiger charge is 2.12. The van der Waals surface area contributed by atoms with Crippen molar-refractivity contribution in [3.05, 3.63) is 22.2 Å². The van der Waals surface area contributed by atoms with E-state index in [0.717, 1.165) is 56.0 Å². The van der Waals surface area contributed by atoms with Crippen LogP contribution in [0.25, 0.3) is 0 Å². The van der Waals surface area contributed by atoms with E-state index in [0.29, 0.717) is 11.5 Å². The standard InChI is InChI=1S/C16H22BrN3O3.2ClH/c1-21-15-11-13(10-14(17)16(15)23-7-2-18)12-19-3-4-20-5-8-22-9-6-20;;/h10-11,19H,3-9,12H2,1H3;2*1H/p-2. The van der Waals surface area contributed by atoms with Crippen LogP contribution in [0, 0.1) is 11.3 Å². The van der Waals surface area contributed by atoms with Crippen LogP contribution in [-0.4, -0.2) is 58.0 Å². The molecule has 1 aromatic carbocycles. The quantitative estimate of drug-likeness (QED) is 0.402. The summed E-state index contributed by atoms with van der Waals surface area (Å²) in [7, 11) is 1.59. The van der Waals surface area contributed by atoms with Gasteiger partial charge in [-0.1, -0.05) is 0 Å². The molecule has 1 N–H and O–H groups in total. The smallest absolute Gasteiger partial charge is 0.176 e. The summed E-state index contributed by atoms with van der Waals surface area (Å²) in [5.41, 5.74) is 1.10. The van der Waals surface area contributed by atoms with Gasteiger partial charge in [0.2, 0.25) is 0 Å². The zero-order chi connectivity index (χ0) is 16.5. The van der Waals surface area contributed by atoms with Crippen LogP contribution in [0.4, 0.5) is 0 Å². The van der Waals surface area contributed by atoms with Crippen LogP contribution in [0.1, 0.15) is 5.56 Å². The molecule has 0 amide bonds. The maximum Gasteiger partial charge on any atom is 0.176 e. The van der Waals surface area contributed by atoms with Crippen molar-refractivity contribution < 1.29 is 39.0 Å². The maximum absolute atomic E-state index is 8.63. The van der Waals surface area contributed by atoms with Gasteiger partial charge in [0.15, 0.2) is 18.1 Å². The van der Waals surface area contributed by atoms with Crippen molar-refractivity contribution >= 4 is 15.9 Å². The Hall–Kier alpha value is -0.750. The minimum atomic E-state index is -0.00783. The second kappa shape index (κ2) is 13.5. The first-order valence-corrected chi connectivity index (χ1v) is 8.41. The van der Waals surface area contributed by atoms with Crippen molar-refractivity contribution in [1.29, 1.82) is 5.26 Å². The fourth-order valence-electron chi connectivity index (χ4n) is 2.41. The Morgan fingerprint density at radius 3 is 2.68 bits per heavy atom. The Morgan fingerprint density at radius 1 is 1.32 bits per heavy atom. The minimum absolute atomic E-state index is 0. The molecule has 1 aliphatic heterocycles. The predicted octanol–water partition coefficient (Wildman–Crippen LogP) is -4.21. The van der Waals surface area contributed by atoms with Gasteiger partial charge in [0.05, 0.1) is 24.8 Å². The van der Waals surface area contributed by atoms with Gasteiger partial charge < -0.3 is 44.3 Å². The Morgan fingerprint density at radius 2 is 2.04 bits per heavy atom. The molecule has 0 aromatic heterocycles. The summed E-state index contributed by atoms with van der Waals surface area (Å²) < 4.78 is 16.9. The number of rotatable bonds is 8. The Balaban J connectivity index is 0.00000288. The maximum atomic E-state index is 8.63. The molecule has 6 nitrogen and oxygen atoms in total. The third-order valence-corrected chi connectivity index (χ3v) is 4.20. The number of nitrogens with one attached hydrogen (secondary N) is 1. The van der Waals surface area contributed by atoms with Gasteiger partial charge in [0, 0.05) is 32.7 Å². The van der Waals surface area contributed by atoms with Gasteiger partial charge in [-0.05, 0) is 33.6 Å². The topological polar surface area (TPSA) is 66.8 Å². The van der Waals surface area contributed by atoms with Crippen molar-refractivity contribution in [2.75, 3.05) is 53.1 Å². The average molecular weight is 455 g/mol. The van der Waals surface area contributed by atoms with Crippen LogP contribution in [-0.2, 0) is 11.3 Å². The number of ether oxygens (including phenoxy) is 3. The zero-order valence-electron chi connectivity index (χ0n) is 14.1. The van der Waals surface area contributed by atoms with Gasteiger partial charge in [-0.15, -0.1) is 0 Å². The molecule has 1 aromatic rings. The van der Waals surface area contributed by atoms with Gasteiger partial charge in [-0.2, -0.15) is 5.26 Å². The summed E-state index contributed by atoms with van der Waals surface area (Å²) >= 11 is 3.48. The first kappa shape index (κ1) is 24.2. The van der Waals surface area contributed by atoms with Crippen molar-refractivity contribution in [3.63, 3.8) is 0 Å². The zero-order valence-corrected chi connectivity index (χ0v) is 17.2. The number of hydrogen-bond acceptors (Lipinski definition) is 6. The highest BCUT2D eigenvalue weighted by atomic mass is 79.9. The van der Waals surface area contributed by atoms with Gasteiger partial charge in [0.25, 0.3) is 0 Å². The van der Waals surface area contributed by atoms with E-state index in [2.05, 4.69) is 26.1 Å². The average Bonchev–Trinajstić information content (AvgIpc) is 2.58. The second-order valence-corrected chi connectivity index (χ2v) is 6.04. The van der Waals surface area contributed by atoms with Gasteiger partial charge in [-0.25, -0.2) is 0 Å². The van der Waals surface area contributed by atoms with E-state index in [1.165, 1.54) is 0 Å². The number of nitriles is 1. The molecule has 0 unspecified atom stereocenters. The number of hydrogen-bond donors (Lipinski definition) is 1. The molecule has 0 bridgehead atoms. The SMILES string of the molecule is COc1cc(CNCCN2CCOCC2)cc(Br)c1OCC#N.[Cl-].[Cl-]. The van der Waals surface area contributed by atoms with E-state index < -0.39 is 0 Å². The molecule has 142 valence electrons. The summed E-state index contributed by atoms with van der Waals surface area (Å²) in [6.45, 7) is 6.35. The molecule has 0 spiro atoms. The molecule has 2 rings (SSSR count). The lowest BCUT2D eigenvalue weighted by molar-refractivity contribution is -0.00100. The summed E-state index contributed by atoms with van der Waals surface area (Å²) in [6, 6.07) is 5.87. The highest BCUT2D eigenvalue weighted by Crippen LogP contribution is 2.36. The summed E-state index contributed by atoms with van der Waals surface area (Å²) in [4.78, 5) is 2.39. The first-order chi connectivity index (χ1) is 11.2. The Kier molecular flexibility index (Phi) is 13.0. The number of halogens is 3. The van der Waals surface area contributed by atoms with E-state index >= 15 is 0 Å². The molecule has 0 atom stereocenters. The number of benzene rings is 1. The molecule has 1 aliphatic rings. The van der Waals surface area contributed by atoms with Crippen LogP contribution in [0.5, 0.6) is 11.5 Å². The molecule has 0 saturated carbocycles. The molecule has 1 fully saturated rings. The molecule has 1 saturated heterocycles. The second-order valence-electron chi connectivity index (χ2n) is 5.19. The van der Waals surface area contributed by atoms with E-state index in [1.54, 1.807) is 7.11 Å². The van der Waals surface area contributed by atoms with E-state index in [9.17, 15) is 0 Å². The van der Waals surface area contributed by atoms with Crippen LogP contribution in [0.3, 0.4) is 0 Å². The number of morpholine rings is 1. The molecule has 25 heavy (non-hydrogen) atoms. The van der Waals surface area contributed by atoms with Crippen LogP contribution >= 0.6 is 15.9 Å². The van der Waals surface area contributed by atoms with Crippen molar-refractivity contribution in [2.24, 2.45) is 0 Å². The third kappa shape index (κ3) is 7.99. The Bertz CT molecular complexity index is 552. The summed E-state index contributed by atoms with van der Waals surface area (Å²) in [6.07, 6.45) is 0. The molecule has 1 heterocycles. The van der Waals surface area contributed by atoms with E-state index in [4.69, 9.17) is 19.5 Å². The fraction of sp³-hybridized carbons (Fsp3) is 0.562. The summed E-state index contributed by atoms with van der Waals surface area (Å²) in [5, 5.41) is 12.1. The molecule has 0 aliphatic carbocycles. The third-order valence-electron chi connectivity index (χ3n) is 3.61. The van der Waals surface area contributed by atoms with Crippen molar-refractivity contribution in [2.45, 2.75) is 6.54 Å².